The van der Waals surface area contributed by atoms with Crippen molar-refractivity contribution in [3.05, 3.63) is 47.7 Å². The number of rotatable bonds is 4. The predicted octanol–water partition coefficient (Wildman–Crippen LogP) is 2.15. The Balaban J connectivity index is 2.62. The van der Waals surface area contributed by atoms with E-state index in [0.717, 1.165) is 0 Å². The van der Waals surface area contributed by atoms with Crippen LogP contribution in [0.5, 0.6) is 5.75 Å². The number of para-hydroxylation sites is 1. The first-order chi connectivity index (χ1) is 9.54. The summed E-state index contributed by atoms with van der Waals surface area (Å²) >= 11 is 0. The van der Waals surface area contributed by atoms with Crippen LogP contribution < -0.4 is 4.74 Å². The second-order valence-electron chi connectivity index (χ2n) is 3.90. The molecule has 0 aliphatic heterocycles. The summed E-state index contributed by atoms with van der Waals surface area (Å²) in [4.78, 5) is 26.0. The van der Waals surface area contributed by atoms with Gasteiger partial charge in [0.2, 0.25) is 0 Å². The third-order valence-electron chi connectivity index (χ3n) is 2.71. The summed E-state index contributed by atoms with van der Waals surface area (Å²) in [6.07, 6.45) is 0. The molecule has 0 radical (unpaired) electrons. The summed E-state index contributed by atoms with van der Waals surface area (Å²) in [6.45, 7) is 0. The molecule has 0 bridgehead atoms. The summed E-state index contributed by atoms with van der Waals surface area (Å²) in [5.41, 5.74) is 0.0799. The van der Waals surface area contributed by atoms with Gasteiger partial charge in [0.05, 0.1) is 18.4 Å². The summed E-state index contributed by atoms with van der Waals surface area (Å²) in [7, 11) is 1.49. The number of hydrogen-bond acceptors (Lipinski definition) is 4. The van der Waals surface area contributed by atoms with Gasteiger partial charge in [-0.3, -0.25) is 0 Å². The smallest absolute Gasteiger partial charge is 0.355 e. The monoisotopic (exact) mass is 273 g/mol. The Bertz CT molecular complexity index is 681. The van der Waals surface area contributed by atoms with E-state index in [9.17, 15) is 9.59 Å². The Morgan fingerprint density at radius 3 is 2.35 bits per heavy atom. The largest absolute Gasteiger partial charge is 0.496 e. The zero-order valence-corrected chi connectivity index (χ0v) is 10.5. The fourth-order valence-corrected chi connectivity index (χ4v) is 1.80. The molecule has 2 rings (SSSR count). The predicted molar refractivity (Wildman–Crippen MR) is 70.1 cm³/mol. The Labute approximate surface area is 114 Å². The molecule has 1 heterocycles. The van der Waals surface area contributed by atoms with Crippen LogP contribution in [0.2, 0.25) is 0 Å². The fraction of sp³-hybridized carbons (Fsp3) is 0.0714. The zero-order valence-electron chi connectivity index (χ0n) is 10.5. The average Bonchev–Trinajstić information content (AvgIpc) is 2.46. The van der Waals surface area contributed by atoms with Crippen LogP contribution in [0.3, 0.4) is 0 Å². The van der Waals surface area contributed by atoms with Crippen molar-refractivity contribution in [1.82, 2.24) is 4.98 Å². The van der Waals surface area contributed by atoms with Crippen molar-refractivity contribution in [1.29, 1.82) is 0 Å². The van der Waals surface area contributed by atoms with E-state index >= 15 is 0 Å². The number of carbonyl (C=O) groups is 2. The number of pyridine rings is 1. The van der Waals surface area contributed by atoms with E-state index in [1.54, 1.807) is 24.3 Å². The number of carboxylic acids is 2. The minimum atomic E-state index is -1.39. The third kappa shape index (κ3) is 2.44. The number of hydrogen-bond donors (Lipinski definition) is 2. The Kier molecular flexibility index (Phi) is 3.65. The normalized spacial score (nSPS) is 10.1. The first-order valence-electron chi connectivity index (χ1n) is 5.65. The van der Waals surface area contributed by atoms with E-state index in [4.69, 9.17) is 14.9 Å². The highest BCUT2D eigenvalue weighted by molar-refractivity contribution is 6.00. The lowest BCUT2D eigenvalue weighted by atomic mass is 10.1. The number of aromatic nitrogens is 1. The van der Waals surface area contributed by atoms with Crippen LogP contribution in [0.15, 0.2) is 36.4 Å². The lowest BCUT2D eigenvalue weighted by Gasteiger charge is -2.09. The van der Waals surface area contributed by atoms with Crippen LogP contribution in [0.25, 0.3) is 11.3 Å². The van der Waals surface area contributed by atoms with Gasteiger partial charge in [0.1, 0.15) is 5.75 Å². The molecule has 2 aromatic rings. The number of ether oxygens (including phenoxy) is 1. The maximum Gasteiger partial charge on any atom is 0.355 e. The van der Waals surface area contributed by atoms with E-state index < -0.39 is 17.6 Å². The van der Waals surface area contributed by atoms with Gasteiger partial charge in [-0.15, -0.1) is 0 Å². The molecule has 2 N–H and O–H groups in total. The molecular formula is C14H11NO5. The SMILES string of the molecule is COc1ccccc1-c1ccc(C(=O)O)c(C(=O)O)n1. The van der Waals surface area contributed by atoms with Crippen molar-refractivity contribution in [2.75, 3.05) is 7.11 Å². The van der Waals surface area contributed by atoms with Gasteiger partial charge in [0.25, 0.3) is 0 Å². The minimum absolute atomic E-state index is 0.338. The van der Waals surface area contributed by atoms with Crippen LogP contribution in [-0.4, -0.2) is 34.2 Å². The fourth-order valence-electron chi connectivity index (χ4n) is 1.80. The van der Waals surface area contributed by atoms with Gasteiger partial charge in [0.15, 0.2) is 5.69 Å². The third-order valence-corrected chi connectivity index (χ3v) is 2.71. The van der Waals surface area contributed by atoms with Gasteiger partial charge in [-0.2, -0.15) is 0 Å². The molecule has 102 valence electrons. The second kappa shape index (κ2) is 5.40. The Morgan fingerprint density at radius 2 is 1.75 bits per heavy atom. The van der Waals surface area contributed by atoms with E-state index in [-0.39, 0.29) is 5.56 Å². The van der Waals surface area contributed by atoms with Crippen molar-refractivity contribution < 1.29 is 24.5 Å². The average molecular weight is 273 g/mol. The summed E-state index contributed by atoms with van der Waals surface area (Å²) in [6, 6.07) is 9.63. The maximum atomic E-state index is 11.1. The van der Waals surface area contributed by atoms with Gasteiger partial charge >= 0.3 is 11.9 Å². The van der Waals surface area contributed by atoms with Gasteiger partial charge in [-0.25, -0.2) is 14.6 Å². The number of aromatic carboxylic acids is 2. The molecule has 1 aromatic carbocycles. The van der Waals surface area contributed by atoms with E-state index in [1.807, 2.05) is 0 Å². The molecule has 6 nitrogen and oxygen atoms in total. The molecule has 0 aliphatic rings. The molecule has 0 amide bonds. The molecule has 20 heavy (non-hydrogen) atoms. The zero-order chi connectivity index (χ0) is 14.7. The van der Waals surface area contributed by atoms with Crippen molar-refractivity contribution in [3.63, 3.8) is 0 Å². The number of nitrogens with zero attached hydrogens (tertiary/aromatic N) is 1. The Morgan fingerprint density at radius 1 is 1.05 bits per heavy atom. The summed E-state index contributed by atoms with van der Waals surface area (Å²) < 4.78 is 5.17. The highest BCUT2D eigenvalue weighted by atomic mass is 16.5. The van der Waals surface area contributed by atoms with Crippen LogP contribution >= 0.6 is 0 Å². The molecule has 6 heteroatoms. The van der Waals surface area contributed by atoms with Gasteiger partial charge in [0, 0.05) is 5.56 Å². The topological polar surface area (TPSA) is 96.7 Å². The van der Waals surface area contributed by atoms with E-state index in [0.29, 0.717) is 17.0 Å². The molecular weight excluding hydrogens is 262 g/mol. The minimum Gasteiger partial charge on any atom is -0.496 e. The van der Waals surface area contributed by atoms with Crippen molar-refractivity contribution in [3.8, 4) is 17.0 Å². The molecule has 0 unspecified atom stereocenters. The lowest BCUT2D eigenvalue weighted by Crippen LogP contribution is -2.11. The number of methoxy groups -OCH3 is 1. The highest BCUT2D eigenvalue weighted by Crippen LogP contribution is 2.28. The van der Waals surface area contributed by atoms with Crippen molar-refractivity contribution in [2.45, 2.75) is 0 Å². The lowest BCUT2D eigenvalue weighted by molar-refractivity contribution is 0.0646. The summed E-state index contributed by atoms with van der Waals surface area (Å²) in [5, 5.41) is 18.0. The van der Waals surface area contributed by atoms with Crippen LogP contribution in [0.1, 0.15) is 20.8 Å². The summed E-state index contributed by atoms with van der Waals surface area (Å²) in [5.74, 6) is -2.19. The van der Waals surface area contributed by atoms with Gasteiger partial charge in [-0.05, 0) is 24.3 Å². The number of carboxylic acid groups (broad SMARTS) is 2. The first-order valence-corrected chi connectivity index (χ1v) is 5.65. The standard InChI is InChI=1S/C14H11NO5/c1-20-11-5-3-2-4-8(11)10-7-6-9(13(16)17)12(15-10)14(18)19/h2-7H,1H3,(H,16,17)(H,18,19). The van der Waals surface area contributed by atoms with Gasteiger partial charge < -0.3 is 14.9 Å². The van der Waals surface area contributed by atoms with Crippen LogP contribution in [0, 0.1) is 0 Å². The molecule has 0 spiro atoms. The molecule has 0 saturated carbocycles. The number of benzene rings is 1. The molecule has 0 fully saturated rings. The molecule has 0 aliphatic carbocycles. The van der Waals surface area contributed by atoms with Crippen LogP contribution in [-0.2, 0) is 0 Å². The van der Waals surface area contributed by atoms with Gasteiger partial charge in [-0.1, -0.05) is 12.1 Å². The van der Waals surface area contributed by atoms with E-state index in [1.165, 1.54) is 19.2 Å². The van der Waals surface area contributed by atoms with Crippen LogP contribution in [0.4, 0.5) is 0 Å². The second-order valence-corrected chi connectivity index (χ2v) is 3.90. The van der Waals surface area contributed by atoms with E-state index in [2.05, 4.69) is 4.98 Å². The molecule has 0 atom stereocenters. The van der Waals surface area contributed by atoms with Crippen molar-refractivity contribution >= 4 is 11.9 Å². The Hall–Kier alpha value is -2.89. The first kappa shape index (κ1) is 13.5. The molecule has 0 saturated heterocycles. The van der Waals surface area contributed by atoms with Crippen molar-refractivity contribution in [2.24, 2.45) is 0 Å². The molecule has 1 aromatic heterocycles. The quantitative estimate of drug-likeness (QED) is 0.886. The highest BCUT2D eigenvalue weighted by Gasteiger charge is 2.19. The maximum absolute atomic E-state index is 11.1.